The van der Waals surface area contributed by atoms with Crippen LogP contribution in [0.4, 0.5) is 0 Å². The molecule has 0 fully saturated rings. The second kappa shape index (κ2) is 12.8. The summed E-state index contributed by atoms with van der Waals surface area (Å²) in [6.45, 7) is 8.10. The zero-order chi connectivity index (χ0) is 19.5. The van der Waals surface area contributed by atoms with Crippen LogP contribution >= 0.6 is 24.0 Å². The largest absolute Gasteiger partial charge is 0.466 e. The molecule has 3 N–H and O–H groups in total. The smallest absolute Gasteiger partial charge is 0.191 e. The Hall–Kier alpha value is -1.58. The quantitative estimate of drug-likeness (QED) is 0.200. The fraction of sp³-hybridized carbons (Fsp3) is 0.476. The van der Waals surface area contributed by atoms with E-state index in [1.54, 1.807) is 25.3 Å². The van der Waals surface area contributed by atoms with Gasteiger partial charge in [0.25, 0.3) is 0 Å². The normalized spacial score (nSPS) is 14.6. The van der Waals surface area contributed by atoms with Crippen LogP contribution in [0.15, 0.2) is 58.1 Å². The maximum absolute atomic E-state index is 10.5. The van der Waals surface area contributed by atoms with Gasteiger partial charge in [-0.1, -0.05) is 30.3 Å². The highest BCUT2D eigenvalue weighted by molar-refractivity contribution is 14.0. The number of benzene rings is 1. The van der Waals surface area contributed by atoms with Gasteiger partial charge in [-0.15, -0.1) is 24.0 Å². The molecular weight excluding hydrogens is 469 g/mol. The van der Waals surface area contributed by atoms with Gasteiger partial charge in [-0.25, -0.2) is 4.99 Å². The lowest BCUT2D eigenvalue weighted by molar-refractivity contribution is 0.0436. The Labute approximate surface area is 184 Å². The summed E-state index contributed by atoms with van der Waals surface area (Å²) in [5, 5.41) is 16.9. The molecule has 0 spiro atoms. The highest BCUT2D eigenvalue weighted by Gasteiger charge is 2.26. The Bertz CT molecular complexity index is 675. The van der Waals surface area contributed by atoms with E-state index in [2.05, 4.69) is 34.7 Å². The molecule has 7 heteroatoms. The van der Waals surface area contributed by atoms with Crippen LogP contribution in [-0.4, -0.2) is 37.3 Å². The molecule has 1 aromatic heterocycles. The number of hydrogen-bond donors (Lipinski definition) is 3. The predicted octanol–water partition coefficient (Wildman–Crippen LogP) is 3.83. The van der Waals surface area contributed by atoms with Crippen molar-refractivity contribution in [1.82, 2.24) is 10.6 Å². The lowest BCUT2D eigenvalue weighted by Gasteiger charge is -2.19. The van der Waals surface area contributed by atoms with Crippen LogP contribution in [0.5, 0.6) is 0 Å². The SMILES string of the molecule is CCNC(=NCC(C)(O)c1ccco1)NCCCOC(C)c1ccccc1.I. The molecule has 0 aliphatic heterocycles. The third kappa shape index (κ3) is 8.20. The lowest BCUT2D eigenvalue weighted by Crippen LogP contribution is -2.39. The van der Waals surface area contributed by atoms with Gasteiger partial charge in [-0.2, -0.15) is 0 Å². The average molecular weight is 501 g/mol. The number of rotatable bonds is 10. The van der Waals surface area contributed by atoms with E-state index >= 15 is 0 Å². The van der Waals surface area contributed by atoms with Crippen molar-refractivity contribution in [2.75, 3.05) is 26.2 Å². The molecule has 28 heavy (non-hydrogen) atoms. The summed E-state index contributed by atoms with van der Waals surface area (Å²) < 4.78 is 11.2. The molecule has 0 bridgehead atoms. The average Bonchev–Trinajstić information content (AvgIpc) is 3.22. The Balaban J connectivity index is 0.00000392. The standard InChI is InChI=1S/C21H31N3O3.HI/c1-4-22-20(24-16-21(3,25)19-12-8-14-27-19)23-13-9-15-26-17(2)18-10-6-5-7-11-18;/h5-8,10-12,14,17,25H,4,9,13,15-16H2,1-3H3,(H2,22,23,24);1H. The van der Waals surface area contributed by atoms with E-state index in [0.29, 0.717) is 18.3 Å². The minimum Gasteiger partial charge on any atom is -0.466 e. The van der Waals surface area contributed by atoms with Crippen LogP contribution < -0.4 is 10.6 Å². The van der Waals surface area contributed by atoms with Gasteiger partial charge in [-0.05, 0) is 44.9 Å². The van der Waals surface area contributed by atoms with Crippen LogP contribution in [0.1, 0.15) is 44.6 Å². The van der Waals surface area contributed by atoms with Crippen molar-refractivity contribution in [3.63, 3.8) is 0 Å². The first-order valence-electron chi connectivity index (χ1n) is 9.48. The molecule has 156 valence electrons. The third-order valence-corrected chi connectivity index (χ3v) is 4.19. The van der Waals surface area contributed by atoms with Gasteiger partial charge in [0.2, 0.25) is 0 Å². The number of ether oxygens (including phenoxy) is 1. The second-order valence-electron chi connectivity index (χ2n) is 6.65. The van der Waals surface area contributed by atoms with Gasteiger partial charge in [0, 0.05) is 19.7 Å². The van der Waals surface area contributed by atoms with Gasteiger partial charge in [-0.3, -0.25) is 0 Å². The topological polar surface area (TPSA) is 79.0 Å². The minimum absolute atomic E-state index is 0. The summed E-state index contributed by atoms with van der Waals surface area (Å²) >= 11 is 0. The number of nitrogens with zero attached hydrogens (tertiary/aromatic N) is 1. The van der Waals surface area contributed by atoms with E-state index in [1.807, 2.05) is 25.1 Å². The molecule has 0 saturated carbocycles. The first kappa shape index (κ1) is 24.5. The van der Waals surface area contributed by atoms with Crippen molar-refractivity contribution in [3.8, 4) is 0 Å². The van der Waals surface area contributed by atoms with E-state index in [4.69, 9.17) is 9.15 Å². The third-order valence-electron chi connectivity index (χ3n) is 4.19. The molecule has 0 aliphatic carbocycles. The molecule has 0 amide bonds. The highest BCUT2D eigenvalue weighted by Crippen LogP contribution is 2.21. The first-order valence-corrected chi connectivity index (χ1v) is 9.48. The number of furan rings is 1. The number of halogens is 1. The maximum Gasteiger partial charge on any atom is 0.191 e. The number of guanidine groups is 1. The Morgan fingerprint density at radius 1 is 1.21 bits per heavy atom. The van der Waals surface area contributed by atoms with E-state index < -0.39 is 5.60 Å². The fourth-order valence-electron chi connectivity index (χ4n) is 2.60. The zero-order valence-corrected chi connectivity index (χ0v) is 19.2. The van der Waals surface area contributed by atoms with Crippen LogP contribution in [0.2, 0.25) is 0 Å². The molecule has 1 heterocycles. The van der Waals surface area contributed by atoms with Crippen molar-refractivity contribution in [1.29, 1.82) is 0 Å². The molecule has 2 atom stereocenters. The fourth-order valence-corrected chi connectivity index (χ4v) is 2.60. The first-order chi connectivity index (χ1) is 13.0. The second-order valence-corrected chi connectivity index (χ2v) is 6.65. The summed E-state index contributed by atoms with van der Waals surface area (Å²) in [6, 6.07) is 13.7. The highest BCUT2D eigenvalue weighted by atomic mass is 127. The van der Waals surface area contributed by atoms with Crippen molar-refractivity contribution in [2.24, 2.45) is 4.99 Å². The monoisotopic (exact) mass is 501 g/mol. The minimum atomic E-state index is -1.14. The Morgan fingerprint density at radius 3 is 2.61 bits per heavy atom. The van der Waals surface area contributed by atoms with Gasteiger partial charge < -0.3 is 24.9 Å². The van der Waals surface area contributed by atoms with Gasteiger partial charge in [0.1, 0.15) is 11.4 Å². The van der Waals surface area contributed by atoms with E-state index in [0.717, 1.165) is 19.5 Å². The number of nitrogens with one attached hydrogen (secondary N) is 2. The zero-order valence-electron chi connectivity index (χ0n) is 16.9. The van der Waals surface area contributed by atoms with Crippen LogP contribution in [0.25, 0.3) is 0 Å². The number of aliphatic imine (C=N–C) groups is 1. The predicted molar refractivity (Wildman–Crippen MR) is 123 cm³/mol. The van der Waals surface area contributed by atoms with E-state index in [1.165, 1.54) is 5.56 Å². The van der Waals surface area contributed by atoms with Crippen molar-refractivity contribution in [2.45, 2.75) is 38.9 Å². The van der Waals surface area contributed by atoms with Crippen molar-refractivity contribution >= 4 is 29.9 Å². The van der Waals surface area contributed by atoms with E-state index in [9.17, 15) is 5.11 Å². The summed E-state index contributed by atoms with van der Waals surface area (Å²) in [4.78, 5) is 4.47. The number of hydrogen-bond acceptors (Lipinski definition) is 4. The van der Waals surface area contributed by atoms with Gasteiger partial charge in [0.05, 0.1) is 18.9 Å². The maximum atomic E-state index is 10.5. The molecule has 0 saturated heterocycles. The van der Waals surface area contributed by atoms with Gasteiger partial charge in [0.15, 0.2) is 5.96 Å². The lowest BCUT2D eigenvalue weighted by atomic mass is 10.0. The van der Waals surface area contributed by atoms with Crippen LogP contribution in [0.3, 0.4) is 0 Å². The van der Waals surface area contributed by atoms with Crippen molar-refractivity contribution < 1.29 is 14.3 Å². The van der Waals surface area contributed by atoms with Crippen LogP contribution in [0, 0.1) is 0 Å². The molecular formula is C21H32IN3O3. The summed E-state index contributed by atoms with van der Waals surface area (Å²) in [5.41, 5.74) is 0.0422. The Kier molecular flexibility index (Phi) is 11.2. The molecule has 1 aromatic carbocycles. The summed E-state index contributed by atoms with van der Waals surface area (Å²) in [7, 11) is 0. The van der Waals surface area contributed by atoms with Gasteiger partial charge >= 0.3 is 0 Å². The number of aliphatic hydroxyl groups is 1. The summed E-state index contributed by atoms with van der Waals surface area (Å²) in [5.74, 6) is 1.17. The van der Waals surface area contributed by atoms with Crippen molar-refractivity contribution in [3.05, 3.63) is 60.1 Å². The molecule has 2 aromatic rings. The molecule has 0 aliphatic rings. The molecule has 6 nitrogen and oxygen atoms in total. The van der Waals surface area contributed by atoms with E-state index in [-0.39, 0.29) is 36.6 Å². The molecule has 2 unspecified atom stereocenters. The molecule has 0 radical (unpaired) electrons. The van der Waals surface area contributed by atoms with Crippen LogP contribution in [-0.2, 0) is 10.3 Å². The molecule has 2 rings (SSSR count). The Morgan fingerprint density at radius 2 is 1.96 bits per heavy atom. The summed E-state index contributed by atoms with van der Waals surface area (Å²) in [6.07, 6.45) is 2.49.